The third-order valence-electron chi connectivity index (χ3n) is 4.45. The van der Waals surface area contributed by atoms with Gasteiger partial charge >= 0.3 is 0 Å². The molecule has 1 aliphatic rings. The van der Waals surface area contributed by atoms with Crippen LogP contribution in [0.15, 0.2) is 54.2 Å². The van der Waals surface area contributed by atoms with Crippen LogP contribution in [0.25, 0.3) is 0 Å². The van der Waals surface area contributed by atoms with Crippen LogP contribution in [0.4, 0.5) is 4.39 Å². The van der Waals surface area contributed by atoms with Crippen LogP contribution in [0.1, 0.15) is 18.9 Å². The van der Waals surface area contributed by atoms with E-state index in [1.165, 1.54) is 18.2 Å². The summed E-state index contributed by atoms with van der Waals surface area (Å²) in [5.74, 6) is -0.496. The Morgan fingerprint density at radius 3 is 2.45 bits per heavy atom. The molecule has 0 spiro atoms. The summed E-state index contributed by atoms with van der Waals surface area (Å²) in [5, 5.41) is 6.33. The highest BCUT2D eigenvalue weighted by Crippen LogP contribution is 2.29. The fourth-order valence-electron chi connectivity index (χ4n) is 3.04. The van der Waals surface area contributed by atoms with Gasteiger partial charge in [-0.25, -0.2) is 4.39 Å². The van der Waals surface area contributed by atoms with Gasteiger partial charge in [-0.3, -0.25) is 9.59 Å². The van der Waals surface area contributed by atoms with Crippen molar-refractivity contribution < 1.29 is 23.5 Å². The summed E-state index contributed by atoms with van der Waals surface area (Å²) in [6.07, 6.45) is 2.23. The van der Waals surface area contributed by atoms with E-state index in [2.05, 4.69) is 10.6 Å². The van der Waals surface area contributed by atoms with Gasteiger partial charge in [-0.2, -0.15) is 0 Å². The standard InChI is InChI=1S/C22H21Cl2FN2O4/c1-22(27-21(29)13-31-17-6-7-18(23)19(24)8-17)9-16(10-22)26-20(28)12-30-11-14-2-4-15(25)5-3-14/h2-9H,10-13H2,1H3,(H,26,28)(H,27,29). The fourth-order valence-corrected chi connectivity index (χ4v) is 3.33. The molecule has 0 bridgehead atoms. The van der Waals surface area contributed by atoms with Crippen LogP contribution in [0.5, 0.6) is 5.75 Å². The van der Waals surface area contributed by atoms with E-state index in [9.17, 15) is 14.0 Å². The molecule has 2 aromatic rings. The molecule has 1 aliphatic carbocycles. The van der Waals surface area contributed by atoms with Crippen molar-refractivity contribution >= 4 is 35.0 Å². The minimum absolute atomic E-state index is 0.130. The highest BCUT2D eigenvalue weighted by Gasteiger charge is 2.34. The van der Waals surface area contributed by atoms with E-state index in [1.807, 2.05) is 6.92 Å². The molecule has 0 saturated heterocycles. The normalized spacial score (nSPS) is 17.4. The van der Waals surface area contributed by atoms with Gasteiger partial charge in [0.25, 0.3) is 5.91 Å². The van der Waals surface area contributed by atoms with Crippen molar-refractivity contribution in [3.8, 4) is 5.75 Å². The second kappa shape index (κ2) is 10.1. The Bertz CT molecular complexity index is 998. The lowest BCUT2D eigenvalue weighted by Crippen LogP contribution is -2.53. The van der Waals surface area contributed by atoms with Crippen molar-refractivity contribution in [3.05, 3.63) is 75.7 Å². The van der Waals surface area contributed by atoms with Gasteiger partial charge in [0, 0.05) is 18.2 Å². The average molecular weight is 467 g/mol. The van der Waals surface area contributed by atoms with E-state index >= 15 is 0 Å². The third-order valence-corrected chi connectivity index (χ3v) is 5.19. The van der Waals surface area contributed by atoms with Crippen LogP contribution in [-0.4, -0.2) is 30.6 Å². The monoisotopic (exact) mass is 466 g/mol. The molecule has 2 amide bonds. The van der Waals surface area contributed by atoms with E-state index in [-0.39, 0.29) is 37.5 Å². The van der Waals surface area contributed by atoms with Crippen LogP contribution < -0.4 is 15.4 Å². The van der Waals surface area contributed by atoms with Gasteiger partial charge in [-0.05, 0) is 42.8 Å². The van der Waals surface area contributed by atoms with Crippen LogP contribution in [0.2, 0.25) is 10.0 Å². The van der Waals surface area contributed by atoms with Crippen molar-refractivity contribution in [2.45, 2.75) is 25.5 Å². The number of halogens is 3. The average Bonchev–Trinajstić information content (AvgIpc) is 2.69. The zero-order valence-corrected chi connectivity index (χ0v) is 18.2. The molecule has 31 heavy (non-hydrogen) atoms. The molecule has 3 rings (SSSR count). The largest absolute Gasteiger partial charge is 0.484 e. The predicted molar refractivity (Wildman–Crippen MR) is 115 cm³/mol. The van der Waals surface area contributed by atoms with Gasteiger partial charge in [0.15, 0.2) is 6.61 Å². The fraction of sp³-hybridized carbons (Fsp3) is 0.273. The van der Waals surface area contributed by atoms with Crippen LogP contribution in [-0.2, 0) is 20.9 Å². The Hall–Kier alpha value is -2.61. The zero-order chi connectivity index (χ0) is 22.4. The molecule has 2 aromatic carbocycles. The highest BCUT2D eigenvalue weighted by atomic mass is 35.5. The quantitative estimate of drug-likeness (QED) is 0.585. The molecule has 0 aliphatic heterocycles. The molecule has 1 unspecified atom stereocenters. The Labute approximate surface area is 189 Å². The summed E-state index contributed by atoms with van der Waals surface area (Å²) in [6, 6.07) is 10.6. The smallest absolute Gasteiger partial charge is 0.258 e. The van der Waals surface area contributed by atoms with Crippen LogP contribution in [0.3, 0.4) is 0 Å². The maximum atomic E-state index is 12.9. The molecule has 0 aromatic heterocycles. The minimum atomic E-state index is -0.574. The summed E-state index contributed by atoms with van der Waals surface area (Å²) in [6.45, 7) is 1.74. The molecule has 0 saturated carbocycles. The Morgan fingerprint density at radius 2 is 1.77 bits per heavy atom. The van der Waals surface area contributed by atoms with Gasteiger partial charge in [0.1, 0.15) is 18.2 Å². The van der Waals surface area contributed by atoms with Crippen LogP contribution >= 0.6 is 23.2 Å². The molecule has 9 heteroatoms. The van der Waals surface area contributed by atoms with E-state index in [0.29, 0.717) is 27.9 Å². The molecule has 0 fully saturated rings. The van der Waals surface area contributed by atoms with Crippen molar-refractivity contribution in [2.24, 2.45) is 0 Å². The first-order valence-corrected chi connectivity index (χ1v) is 10.2. The summed E-state index contributed by atoms with van der Waals surface area (Å²) >= 11 is 11.8. The summed E-state index contributed by atoms with van der Waals surface area (Å²) in [7, 11) is 0. The number of rotatable bonds is 9. The molecular formula is C22H21Cl2FN2O4. The van der Waals surface area contributed by atoms with E-state index in [1.54, 1.807) is 30.3 Å². The molecule has 1 atom stereocenters. The van der Waals surface area contributed by atoms with E-state index in [4.69, 9.17) is 32.7 Å². The van der Waals surface area contributed by atoms with E-state index < -0.39 is 5.54 Å². The maximum absolute atomic E-state index is 12.9. The van der Waals surface area contributed by atoms with Crippen molar-refractivity contribution in [1.82, 2.24) is 10.6 Å². The van der Waals surface area contributed by atoms with Gasteiger partial charge in [0.2, 0.25) is 5.91 Å². The Morgan fingerprint density at radius 1 is 1.06 bits per heavy atom. The number of benzene rings is 2. The number of ether oxygens (including phenoxy) is 2. The first-order chi connectivity index (χ1) is 14.7. The second-order valence-electron chi connectivity index (χ2n) is 7.34. The molecular weight excluding hydrogens is 446 g/mol. The predicted octanol–water partition coefficient (Wildman–Crippen LogP) is 4.01. The van der Waals surface area contributed by atoms with E-state index in [0.717, 1.165) is 5.56 Å². The molecule has 164 valence electrons. The van der Waals surface area contributed by atoms with Crippen molar-refractivity contribution in [2.75, 3.05) is 13.2 Å². The lowest BCUT2D eigenvalue weighted by atomic mass is 9.84. The summed E-state index contributed by atoms with van der Waals surface area (Å²) in [4.78, 5) is 24.1. The molecule has 0 radical (unpaired) electrons. The Kier molecular flexibility index (Phi) is 7.54. The minimum Gasteiger partial charge on any atom is -0.484 e. The molecule has 6 nitrogen and oxygen atoms in total. The molecule has 0 heterocycles. The van der Waals surface area contributed by atoms with Gasteiger partial charge in [0.05, 0.1) is 22.2 Å². The van der Waals surface area contributed by atoms with Crippen LogP contribution in [0, 0.1) is 5.82 Å². The SMILES string of the molecule is CC1(NC(=O)COc2ccc(Cl)c(Cl)c2)C=C(NC(=O)COCc2ccc(F)cc2)C1. The number of nitrogens with one attached hydrogen (secondary N) is 2. The van der Waals surface area contributed by atoms with Gasteiger partial charge in [-0.15, -0.1) is 0 Å². The van der Waals surface area contributed by atoms with Gasteiger partial charge < -0.3 is 20.1 Å². The molecule has 2 N–H and O–H groups in total. The lowest BCUT2D eigenvalue weighted by molar-refractivity contribution is -0.125. The number of hydrogen-bond donors (Lipinski definition) is 2. The zero-order valence-electron chi connectivity index (χ0n) is 16.7. The number of hydrogen-bond acceptors (Lipinski definition) is 4. The summed E-state index contributed by atoms with van der Waals surface area (Å²) < 4.78 is 23.6. The number of carbonyl (C=O) groups excluding carboxylic acids is 2. The first-order valence-electron chi connectivity index (χ1n) is 9.45. The number of carbonyl (C=O) groups is 2. The van der Waals surface area contributed by atoms with Gasteiger partial charge in [-0.1, -0.05) is 35.3 Å². The number of amides is 2. The van der Waals surface area contributed by atoms with Crippen molar-refractivity contribution in [3.63, 3.8) is 0 Å². The van der Waals surface area contributed by atoms with Crippen molar-refractivity contribution in [1.29, 1.82) is 0 Å². The maximum Gasteiger partial charge on any atom is 0.258 e. The Balaban J connectivity index is 1.37. The third kappa shape index (κ3) is 6.95. The topological polar surface area (TPSA) is 76.7 Å². The summed E-state index contributed by atoms with van der Waals surface area (Å²) in [5.41, 5.74) is 0.898. The first kappa shape index (κ1) is 23.1. The highest BCUT2D eigenvalue weighted by molar-refractivity contribution is 6.42. The lowest BCUT2D eigenvalue weighted by Gasteiger charge is -2.37. The second-order valence-corrected chi connectivity index (χ2v) is 8.16.